The zero-order chi connectivity index (χ0) is 42.7. The summed E-state index contributed by atoms with van der Waals surface area (Å²) in [5.41, 5.74) is 8.88. The van der Waals surface area contributed by atoms with Crippen LogP contribution in [0.2, 0.25) is 0 Å². The Balaban J connectivity index is 0.745. The topological polar surface area (TPSA) is 181 Å². The van der Waals surface area contributed by atoms with Crippen LogP contribution < -0.4 is 25.6 Å². The Labute approximate surface area is 358 Å². The van der Waals surface area contributed by atoms with Crippen LogP contribution in [0.25, 0.3) is 11.3 Å². The molecule has 3 atom stereocenters. The Morgan fingerprint density at radius 3 is 2.25 bits per heavy atom. The van der Waals surface area contributed by atoms with Crippen LogP contribution in [-0.4, -0.2) is 143 Å². The van der Waals surface area contributed by atoms with Crippen LogP contribution in [0, 0.1) is 5.82 Å². The third kappa shape index (κ3) is 11.8. The normalized spacial score (nSPS) is 20.3. The van der Waals surface area contributed by atoms with E-state index in [1.54, 1.807) is 4.90 Å². The second-order valence-corrected chi connectivity index (χ2v) is 17.0. The summed E-state index contributed by atoms with van der Waals surface area (Å²) >= 11 is 0. The van der Waals surface area contributed by atoms with Gasteiger partial charge in [0.1, 0.15) is 23.9 Å². The molecule has 2 bridgehead atoms. The number of carbonyl (C=O) groups excluding carboxylic acids is 3. The van der Waals surface area contributed by atoms with Gasteiger partial charge in [-0.15, -0.1) is 10.2 Å². The molecule has 7 rings (SSSR count). The Kier molecular flexibility index (Phi) is 15.1. The van der Waals surface area contributed by atoms with Gasteiger partial charge in [0.05, 0.1) is 24.0 Å². The van der Waals surface area contributed by atoms with Gasteiger partial charge >= 0.3 is 0 Å². The smallest absolute Gasteiger partial charge is 0.242 e. The third-order valence-electron chi connectivity index (χ3n) is 12.6. The number of likely N-dealkylation sites (tertiary alicyclic amines) is 1. The number of nitrogens with two attached hydrogens (primary N) is 1. The minimum Gasteiger partial charge on any atom is -0.507 e. The lowest BCUT2D eigenvalue weighted by molar-refractivity contribution is -0.133. The number of phenolic OH excluding ortho intramolecular Hbond substituents is 1. The summed E-state index contributed by atoms with van der Waals surface area (Å²) in [6.07, 6.45) is 10.1. The molecule has 4 fully saturated rings. The number of hydrogen-bond acceptors (Lipinski definition) is 12. The number of β-amino-alcohol motifs (C(OH)–C–C–N with tert-alkyl or cyclic N) is 1. The SMILES string of the molecule is Nc1nnc(-c2cc(F)ccc2O)cc1N1C2CCC1CN(c1cccc(OCCN3CCN(C(=O)CCCCCCCCCC(=O)NCC(=O)N4CC[C@@H](O)C4)CC3)c1)C2. The van der Waals surface area contributed by atoms with Crippen molar-refractivity contribution in [3.63, 3.8) is 0 Å². The van der Waals surface area contributed by atoms with Gasteiger partial charge in [0.25, 0.3) is 0 Å². The fourth-order valence-corrected chi connectivity index (χ4v) is 9.18. The summed E-state index contributed by atoms with van der Waals surface area (Å²) in [7, 11) is 0. The van der Waals surface area contributed by atoms with E-state index in [4.69, 9.17) is 10.5 Å². The highest BCUT2D eigenvalue weighted by Crippen LogP contribution is 2.40. The van der Waals surface area contributed by atoms with Gasteiger partial charge in [0.15, 0.2) is 5.82 Å². The number of rotatable bonds is 19. The average molecular weight is 844 g/mol. The number of nitrogens with one attached hydrogen (secondary N) is 1. The fourth-order valence-electron chi connectivity index (χ4n) is 9.18. The van der Waals surface area contributed by atoms with Crippen LogP contribution in [0.4, 0.5) is 21.6 Å². The van der Waals surface area contributed by atoms with Crippen LogP contribution in [0.1, 0.15) is 77.0 Å². The molecule has 61 heavy (non-hydrogen) atoms. The number of hydrogen-bond donors (Lipinski definition) is 4. The van der Waals surface area contributed by atoms with E-state index in [1.807, 2.05) is 23.1 Å². The van der Waals surface area contributed by atoms with Gasteiger partial charge < -0.3 is 45.6 Å². The lowest BCUT2D eigenvalue weighted by atomic mass is 10.1. The maximum atomic E-state index is 14.0. The van der Waals surface area contributed by atoms with Gasteiger partial charge in [0, 0.05) is 101 Å². The number of amides is 3. The first kappa shape index (κ1) is 43.9. The van der Waals surface area contributed by atoms with Crippen molar-refractivity contribution >= 4 is 34.9 Å². The molecule has 4 saturated heterocycles. The number of fused-ring (bicyclic) bond motifs is 2. The molecule has 2 unspecified atom stereocenters. The molecular weight excluding hydrogens is 782 g/mol. The molecule has 5 heterocycles. The molecule has 4 aliphatic heterocycles. The standard InChI is InChI=1S/C45H62FN9O6/c46-32-13-16-41(57)38(25-32)39-27-40(45(47)50-49-39)55-34-14-15-35(55)30-54(29-34)33-9-8-10-37(26-33)61-24-23-51-19-21-52(22-20-51)43(59)12-7-5-3-1-2-4-6-11-42(58)48-28-44(60)53-18-17-36(56)31-53/h8-10,13,16,25-27,34-36,56-57H,1-7,11-12,14-15,17-24,28-31H2,(H2,47,50)(H,48,58)/t34?,35?,36-/m1/s1. The highest BCUT2D eigenvalue weighted by molar-refractivity contribution is 5.85. The molecule has 0 aliphatic carbocycles. The monoisotopic (exact) mass is 843 g/mol. The van der Waals surface area contributed by atoms with Crippen molar-refractivity contribution in [2.45, 2.75) is 95.2 Å². The van der Waals surface area contributed by atoms with Crippen molar-refractivity contribution in [3.05, 3.63) is 54.3 Å². The highest BCUT2D eigenvalue weighted by atomic mass is 19.1. The van der Waals surface area contributed by atoms with Crippen LogP contribution >= 0.6 is 0 Å². The maximum absolute atomic E-state index is 14.0. The number of phenols is 1. The van der Waals surface area contributed by atoms with E-state index in [-0.39, 0.29) is 47.7 Å². The van der Waals surface area contributed by atoms with Crippen molar-refractivity contribution in [1.29, 1.82) is 0 Å². The number of nitrogens with zero attached hydrogens (tertiary/aromatic N) is 7. The largest absolute Gasteiger partial charge is 0.507 e. The molecule has 3 amide bonds. The van der Waals surface area contributed by atoms with Crippen molar-refractivity contribution in [2.75, 3.05) is 87.6 Å². The van der Waals surface area contributed by atoms with E-state index in [0.29, 0.717) is 50.5 Å². The first-order valence-corrected chi connectivity index (χ1v) is 22.2. The lowest BCUT2D eigenvalue weighted by Crippen LogP contribution is -2.54. The van der Waals surface area contributed by atoms with Crippen molar-refractivity contribution in [3.8, 4) is 22.8 Å². The number of nitrogen functional groups attached to an aromatic ring is 1. The van der Waals surface area contributed by atoms with E-state index in [2.05, 4.69) is 42.3 Å². The molecule has 0 radical (unpaired) electrons. The number of aromatic nitrogens is 2. The Bertz CT molecular complexity index is 1950. The van der Waals surface area contributed by atoms with Crippen LogP contribution in [-0.2, 0) is 14.4 Å². The number of anilines is 3. The number of halogens is 1. The molecular formula is C45H62FN9O6. The van der Waals surface area contributed by atoms with Gasteiger partial charge in [-0.3, -0.25) is 19.3 Å². The summed E-state index contributed by atoms with van der Waals surface area (Å²) in [5, 5.41) is 31.0. The molecule has 2 aromatic carbocycles. The van der Waals surface area contributed by atoms with E-state index in [0.717, 1.165) is 121 Å². The Morgan fingerprint density at radius 2 is 1.52 bits per heavy atom. The lowest BCUT2D eigenvalue weighted by Gasteiger charge is -2.43. The molecule has 4 aliphatic rings. The average Bonchev–Trinajstić information content (AvgIpc) is 3.82. The first-order chi connectivity index (χ1) is 29.6. The molecule has 330 valence electrons. The zero-order valence-electron chi connectivity index (χ0n) is 35.2. The third-order valence-corrected chi connectivity index (χ3v) is 12.6. The summed E-state index contributed by atoms with van der Waals surface area (Å²) in [4.78, 5) is 47.8. The highest BCUT2D eigenvalue weighted by Gasteiger charge is 2.41. The summed E-state index contributed by atoms with van der Waals surface area (Å²) in [5.74, 6) is 0.615. The van der Waals surface area contributed by atoms with E-state index in [1.165, 1.54) is 18.2 Å². The summed E-state index contributed by atoms with van der Waals surface area (Å²) in [6, 6.07) is 14.3. The quantitative estimate of drug-likeness (QED) is 0.127. The van der Waals surface area contributed by atoms with Gasteiger partial charge in [-0.2, -0.15) is 0 Å². The molecule has 15 nitrogen and oxygen atoms in total. The van der Waals surface area contributed by atoms with Crippen molar-refractivity contribution < 1.29 is 33.7 Å². The zero-order valence-corrected chi connectivity index (χ0v) is 35.2. The van der Waals surface area contributed by atoms with Crippen molar-refractivity contribution in [1.82, 2.24) is 30.2 Å². The molecule has 5 N–H and O–H groups in total. The number of carbonyl (C=O) groups is 3. The number of benzene rings is 2. The second-order valence-electron chi connectivity index (χ2n) is 17.0. The van der Waals surface area contributed by atoms with Gasteiger partial charge in [-0.05, 0) is 68.5 Å². The molecule has 3 aromatic rings. The number of aliphatic hydroxyl groups is 1. The van der Waals surface area contributed by atoms with E-state index >= 15 is 0 Å². The number of piperazine rings is 2. The van der Waals surface area contributed by atoms with Gasteiger partial charge in [-0.25, -0.2) is 4.39 Å². The van der Waals surface area contributed by atoms with Gasteiger partial charge in [-0.1, -0.05) is 38.2 Å². The fraction of sp³-hybridized carbons (Fsp3) is 0.578. The van der Waals surface area contributed by atoms with Crippen LogP contribution in [0.15, 0.2) is 48.5 Å². The van der Waals surface area contributed by atoms with Crippen molar-refractivity contribution in [2.24, 2.45) is 0 Å². The first-order valence-electron chi connectivity index (χ1n) is 22.2. The predicted octanol–water partition coefficient (Wildman–Crippen LogP) is 4.17. The van der Waals surface area contributed by atoms with E-state index < -0.39 is 11.9 Å². The number of aliphatic hydroxyl groups excluding tert-OH is 1. The number of unbranched alkanes of at least 4 members (excludes halogenated alkanes) is 6. The number of aromatic hydroxyl groups is 1. The second kappa shape index (κ2) is 21.0. The maximum Gasteiger partial charge on any atom is 0.242 e. The number of ether oxygens (including phenoxy) is 1. The van der Waals surface area contributed by atoms with E-state index in [9.17, 15) is 29.0 Å². The molecule has 16 heteroatoms. The molecule has 0 saturated carbocycles. The summed E-state index contributed by atoms with van der Waals surface area (Å²) < 4.78 is 20.3. The Morgan fingerprint density at radius 1 is 0.803 bits per heavy atom. The summed E-state index contributed by atoms with van der Waals surface area (Å²) in [6.45, 7) is 7.00. The molecule has 1 aromatic heterocycles. The predicted molar refractivity (Wildman–Crippen MR) is 232 cm³/mol. The van der Waals surface area contributed by atoms with Crippen LogP contribution in [0.5, 0.6) is 11.5 Å². The molecule has 0 spiro atoms. The minimum absolute atomic E-state index is 0.00172. The van der Waals surface area contributed by atoms with Crippen LogP contribution in [0.3, 0.4) is 0 Å². The van der Waals surface area contributed by atoms with Gasteiger partial charge in [0.2, 0.25) is 17.7 Å². The minimum atomic E-state index is -0.463. The Hall–Kier alpha value is -5.22.